The van der Waals surface area contributed by atoms with Crippen molar-refractivity contribution in [1.82, 2.24) is 0 Å². The molecule has 0 bridgehead atoms. The van der Waals surface area contributed by atoms with Crippen LogP contribution in [0.2, 0.25) is 0 Å². The molecule has 1 amide bonds. The van der Waals surface area contributed by atoms with Crippen molar-refractivity contribution >= 4 is 24.0 Å². The van der Waals surface area contributed by atoms with E-state index in [4.69, 9.17) is 0 Å². The molecule has 0 aliphatic carbocycles. The predicted molar refractivity (Wildman–Crippen MR) is 47.4 cm³/mol. The number of nitrogens with one attached hydrogen (secondary N) is 1. The maximum absolute atomic E-state index is 13.2. The maximum Gasteiger partial charge on any atom is 1.00 e. The standard InChI is InChI=1S/C8H5BF4NO.K/c10-6-3-5(9(11,12)13)1-4-2-7(15)14-8(4)6;/h1,3H,2H2,(H,14,15);/q-1;+1. The van der Waals surface area contributed by atoms with E-state index in [-0.39, 0.29) is 69.1 Å². The number of carbonyl (C=O) groups excluding carboxylic acids is 1. The van der Waals surface area contributed by atoms with E-state index < -0.39 is 24.2 Å². The number of anilines is 1. The zero-order chi connectivity index (χ0) is 11.2. The number of fused-ring (bicyclic) bond motifs is 1. The molecule has 80 valence electrons. The normalized spacial score (nSPS) is 14.1. The van der Waals surface area contributed by atoms with Gasteiger partial charge in [-0.3, -0.25) is 4.79 Å². The summed E-state index contributed by atoms with van der Waals surface area (Å²) < 4.78 is 50.1. The van der Waals surface area contributed by atoms with Crippen LogP contribution in [0.15, 0.2) is 12.1 Å². The average molecular weight is 257 g/mol. The summed E-state index contributed by atoms with van der Waals surface area (Å²) in [5, 5.41) is 2.17. The van der Waals surface area contributed by atoms with Crippen LogP contribution in [0.25, 0.3) is 0 Å². The summed E-state index contributed by atoms with van der Waals surface area (Å²) in [6.45, 7) is -5.23. The Morgan fingerprint density at radius 1 is 1.25 bits per heavy atom. The van der Waals surface area contributed by atoms with E-state index in [1.54, 1.807) is 0 Å². The van der Waals surface area contributed by atoms with Crippen molar-refractivity contribution in [3.05, 3.63) is 23.5 Å². The molecule has 16 heavy (non-hydrogen) atoms. The number of benzene rings is 1. The van der Waals surface area contributed by atoms with E-state index in [1.807, 2.05) is 0 Å². The first kappa shape index (κ1) is 14.2. The van der Waals surface area contributed by atoms with Gasteiger partial charge in [0.15, 0.2) is 0 Å². The monoisotopic (exact) mass is 257 g/mol. The molecule has 0 fully saturated rings. The number of hydrogen-bond acceptors (Lipinski definition) is 1. The van der Waals surface area contributed by atoms with Crippen LogP contribution in [0.1, 0.15) is 5.56 Å². The van der Waals surface area contributed by atoms with E-state index in [2.05, 4.69) is 5.32 Å². The molecular formula is C8H5BF4KNO. The molecule has 1 aliphatic rings. The molecule has 2 rings (SSSR count). The minimum absolute atomic E-state index is 0. The molecule has 1 aromatic carbocycles. The number of rotatable bonds is 1. The van der Waals surface area contributed by atoms with Crippen LogP contribution in [0.5, 0.6) is 0 Å². The van der Waals surface area contributed by atoms with Gasteiger partial charge < -0.3 is 18.3 Å². The smallest absolute Gasteiger partial charge is 0.445 e. The number of hydrogen-bond donors (Lipinski definition) is 1. The van der Waals surface area contributed by atoms with Crippen LogP contribution in [0.3, 0.4) is 0 Å². The van der Waals surface area contributed by atoms with E-state index in [0.717, 1.165) is 6.07 Å². The molecule has 0 aromatic heterocycles. The van der Waals surface area contributed by atoms with Gasteiger partial charge in [0.2, 0.25) is 5.91 Å². The second-order valence-corrected chi connectivity index (χ2v) is 3.34. The number of halogens is 4. The summed E-state index contributed by atoms with van der Waals surface area (Å²) in [5.74, 6) is -1.52. The summed E-state index contributed by atoms with van der Waals surface area (Å²) in [5.41, 5.74) is -1.08. The molecule has 1 N–H and O–H groups in total. The third kappa shape index (κ3) is 2.68. The zero-order valence-electron chi connectivity index (χ0n) is 8.36. The zero-order valence-corrected chi connectivity index (χ0v) is 11.5. The van der Waals surface area contributed by atoms with Crippen molar-refractivity contribution in [2.24, 2.45) is 0 Å². The van der Waals surface area contributed by atoms with E-state index >= 15 is 0 Å². The van der Waals surface area contributed by atoms with Crippen LogP contribution < -0.4 is 62.2 Å². The first-order valence-electron chi connectivity index (χ1n) is 4.20. The Hall–Kier alpha value is 0.111. The van der Waals surface area contributed by atoms with Crippen LogP contribution >= 0.6 is 0 Å². The second-order valence-electron chi connectivity index (χ2n) is 3.34. The van der Waals surface area contributed by atoms with Crippen molar-refractivity contribution in [3.63, 3.8) is 0 Å². The minimum Gasteiger partial charge on any atom is -0.445 e. The molecule has 0 atom stereocenters. The molecule has 0 saturated carbocycles. The van der Waals surface area contributed by atoms with Gasteiger partial charge in [-0.15, -0.1) is 5.46 Å². The van der Waals surface area contributed by atoms with E-state index in [1.165, 1.54) is 0 Å². The Kier molecular flexibility index (Phi) is 4.23. The van der Waals surface area contributed by atoms with Crippen molar-refractivity contribution in [2.75, 3.05) is 5.32 Å². The van der Waals surface area contributed by atoms with Crippen LogP contribution in [0, 0.1) is 5.82 Å². The SMILES string of the molecule is O=C1Cc2cc([B-](F)(F)F)cc(F)c2N1.[K+]. The van der Waals surface area contributed by atoms with Crippen molar-refractivity contribution < 1.29 is 73.5 Å². The number of amides is 1. The fraction of sp³-hybridized carbons (Fsp3) is 0.125. The van der Waals surface area contributed by atoms with Gasteiger partial charge in [-0.2, -0.15) is 0 Å². The van der Waals surface area contributed by atoms with E-state index in [9.17, 15) is 22.1 Å². The second kappa shape index (κ2) is 4.77. The predicted octanol–water partition coefficient (Wildman–Crippen LogP) is -1.62. The van der Waals surface area contributed by atoms with Crippen molar-refractivity contribution in [2.45, 2.75) is 6.42 Å². The maximum atomic E-state index is 13.2. The molecule has 8 heteroatoms. The minimum atomic E-state index is -5.23. The largest absolute Gasteiger partial charge is 1.00 e. The molecule has 0 spiro atoms. The third-order valence-corrected chi connectivity index (χ3v) is 2.19. The van der Waals surface area contributed by atoms with E-state index in [0.29, 0.717) is 6.07 Å². The Morgan fingerprint density at radius 2 is 1.88 bits per heavy atom. The van der Waals surface area contributed by atoms with Crippen molar-refractivity contribution in [1.29, 1.82) is 0 Å². The van der Waals surface area contributed by atoms with Gasteiger partial charge in [0.25, 0.3) is 0 Å². The van der Waals surface area contributed by atoms with Crippen molar-refractivity contribution in [3.8, 4) is 0 Å². The average Bonchev–Trinajstić information content (AvgIpc) is 2.44. The molecule has 0 radical (unpaired) electrons. The Bertz CT molecular complexity index is 448. The quantitative estimate of drug-likeness (QED) is 0.475. The van der Waals surface area contributed by atoms with Gasteiger partial charge in [0, 0.05) is 0 Å². The van der Waals surface area contributed by atoms with Gasteiger partial charge in [-0.25, -0.2) is 4.39 Å². The Labute approximate surface area is 131 Å². The molecule has 1 aliphatic heterocycles. The molecule has 0 saturated heterocycles. The molecule has 2 nitrogen and oxygen atoms in total. The number of carbonyl (C=O) groups is 1. The topological polar surface area (TPSA) is 29.1 Å². The molecule has 1 aromatic rings. The van der Waals surface area contributed by atoms with Gasteiger partial charge >= 0.3 is 58.4 Å². The fourth-order valence-electron chi connectivity index (χ4n) is 1.51. The summed E-state index contributed by atoms with van der Waals surface area (Å²) in [6.07, 6.45) is -0.202. The van der Waals surface area contributed by atoms with Gasteiger partial charge in [-0.1, -0.05) is 12.1 Å². The molecule has 0 unspecified atom stereocenters. The summed E-state index contributed by atoms with van der Waals surface area (Å²) in [4.78, 5) is 10.9. The van der Waals surface area contributed by atoms with Gasteiger partial charge in [0.05, 0.1) is 12.1 Å². The van der Waals surface area contributed by atoms with Gasteiger partial charge in [0.1, 0.15) is 5.82 Å². The Balaban J connectivity index is 0.00000128. The third-order valence-electron chi connectivity index (χ3n) is 2.19. The molecular weight excluding hydrogens is 252 g/mol. The first-order chi connectivity index (χ1) is 6.88. The fourth-order valence-corrected chi connectivity index (χ4v) is 1.51. The van der Waals surface area contributed by atoms with Crippen LogP contribution in [-0.4, -0.2) is 12.9 Å². The Morgan fingerprint density at radius 3 is 2.44 bits per heavy atom. The molecule has 1 heterocycles. The summed E-state index contributed by atoms with van der Waals surface area (Å²) >= 11 is 0. The summed E-state index contributed by atoms with van der Waals surface area (Å²) in [7, 11) is 0. The van der Waals surface area contributed by atoms with Crippen LogP contribution in [0.4, 0.5) is 23.0 Å². The summed E-state index contributed by atoms with van der Waals surface area (Å²) in [6, 6.07) is 1.22. The van der Waals surface area contributed by atoms with Crippen LogP contribution in [-0.2, 0) is 11.2 Å². The first-order valence-corrected chi connectivity index (χ1v) is 4.20. The van der Waals surface area contributed by atoms with Gasteiger partial charge in [-0.05, 0) is 5.56 Å².